The molecule has 194 valence electrons. The number of carbonyl (C=O) groups excluding carboxylic acids is 1. The van der Waals surface area contributed by atoms with Crippen molar-refractivity contribution in [2.24, 2.45) is 0 Å². The standard InChI is InChI=1S/C28H26FN5O4/c1-17-25(27(35)33-21-9-11-22(36-2)12-10-21)26(34-28(32-17)30-16-31-34)19-6-13-23(24(14-19)37-3)38-15-18-4-7-20(29)8-5-18/h4-14,16,26H,15H2,1-3H3,(H,33,35)(H,30,31,32). The Labute approximate surface area is 218 Å². The van der Waals surface area contributed by atoms with Crippen molar-refractivity contribution in [1.82, 2.24) is 14.8 Å². The highest BCUT2D eigenvalue weighted by molar-refractivity contribution is 6.06. The summed E-state index contributed by atoms with van der Waals surface area (Å²) in [5, 5.41) is 10.5. The normalized spacial score (nSPS) is 14.4. The number of amides is 1. The number of carbonyl (C=O) groups is 1. The van der Waals surface area contributed by atoms with E-state index in [1.807, 2.05) is 19.1 Å². The van der Waals surface area contributed by atoms with Crippen molar-refractivity contribution in [1.29, 1.82) is 0 Å². The summed E-state index contributed by atoms with van der Waals surface area (Å²) in [6.45, 7) is 2.07. The van der Waals surface area contributed by atoms with Crippen LogP contribution in [0.25, 0.3) is 0 Å². The van der Waals surface area contributed by atoms with Gasteiger partial charge in [-0.1, -0.05) is 18.2 Å². The maximum atomic E-state index is 13.6. The van der Waals surface area contributed by atoms with Crippen LogP contribution in [0.2, 0.25) is 0 Å². The van der Waals surface area contributed by atoms with E-state index in [0.717, 1.165) is 11.1 Å². The first-order valence-electron chi connectivity index (χ1n) is 11.8. The second-order valence-electron chi connectivity index (χ2n) is 8.60. The third-order valence-electron chi connectivity index (χ3n) is 6.20. The summed E-state index contributed by atoms with van der Waals surface area (Å²) in [5.74, 6) is 1.61. The minimum Gasteiger partial charge on any atom is -0.497 e. The molecule has 1 unspecified atom stereocenters. The van der Waals surface area contributed by atoms with Crippen molar-refractivity contribution in [2.75, 3.05) is 24.9 Å². The van der Waals surface area contributed by atoms with Crippen LogP contribution in [0.15, 0.2) is 84.3 Å². The predicted octanol–water partition coefficient (Wildman–Crippen LogP) is 4.94. The quantitative estimate of drug-likeness (QED) is 0.343. The molecule has 0 radical (unpaired) electrons. The molecule has 0 saturated heterocycles. The lowest BCUT2D eigenvalue weighted by atomic mass is 9.94. The molecule has 2 N–H and O–H groups in total. The summed E-state index contributed by atoms with van der Waals surface area (Å²) in [5.41, 5.74) is 3.32. The second-order valence-corrected chi connectivity index (χ2v) is 8.60. The lowest BCUT2D eigenvalue weighted by Crippen LogP contribution is -2.31. The summed E-state index contributed by atoms with van der Waals surface area (Å²) in [6, 6.07) is 18.1. The molecule has 5 rings (SSSR count). The summed E-state index contributed by atoms with van der Waals surface area (Å²) in [6.07, 6.45) is 1.43. The van der Waals surface area contributed by atoms with Crippen LogP contribution in [0.1, 0.15) is 24.1 Å². The van der Waals surface area contributed by atoms with Crippen molar-refractivity contribution < 1.29 is 23.4 Å². The Balaban J connectivity index is 1.45. The van der Waals surface area contributed by atoms with Gasteiger partial charge in [0.2, 0.25) is 5.95 Å². The number of methoxy groups -OCH3 is 2. The zero-order valence-corrected chi connectivity index (χ0v) is 21.1. The van der Waals surface area contributed by atoms with Gasteiger partial charge in [-0.05, 0) is 66.6 Å². The van der Waals surface area contributed by atoms with Crippen molar-refractivity contribution in [2.45, 2.75) is 19.6 Å². The maximum Gasteiger partial charge on any atom is 0.255 e. The molecule has 38 heavy (non-hydrogen) atoms. The summed E-state index contributed by atoms with van der Waals surface area (Å²) >= 11 is 0. The number of hydrogen-bond donors (Lipinski definition) is 2. The number of nitrogens with zero attached hydrogens (tertiary/aromatic N) is 3. The number of rotatable bonds is 8. The predicted molar refractivity (Wildman–Crippen MR) is 140 cm³/mol. The molecule has 1 amide bonds. The van der Waals surface area contributed by atoms with E-state index in [1.165, 1.54) is 18.5 Å². The largest absolute Gasteiger partial charge is 0.497 e. The number of fused-ring (bicyclic) bond motifs is 1. The van der Waals surface area contributed by atoms with Gasteiger partial charge in [0, 0.05) is 11.4 Å². The third-order valence-corrected chi connectivity index (χ3v) is 6.20. The molecule has 10 heteroatoms. The van der Waals surface area contributed by atoms with Crippen molar-refractivity contribution in [3.8, 4) is 17.2 Å². The first-order valence-corrected chi connectivity index (χ1v) is 11.8. The molecule has 0 spiro atoms. The van der Waals surface area contributed by atoms with Gasteiger partial charge >= 0.3 is 0 Å². The molecule has 1 aromatic heterocycles. The molecule has 1 atom stereocenters. The number of hydrogen-bond acceptors (Lipinski definition) is 7. The van der Waals surface area contributed by atoms with Crippen LogP contribution in [0.3, 0.4) is 0 Å². The SMILES string of the molecule is COc1ccc(NC(=O)C2=C(C)Nc3ncnn3C2c2ccc(OCc3ccc(F)cc3)c(OC)c2)cc1. The van der Waals surface area contributed by atoms with E-state index in [4.69, 9.17) is 14.2 Å². The fourth-order valence-electron chi connectivity index (χ4n) is 4.28. The number of ether oxygens (including phenoxy) is 3. The summed E-state index contributed by atoms with van der Waals surface area (Å²) < 4.78 is 31.7. The van der Waals surface area contributed by atoms with Crippen LogP contribution in [0, 0.1) is 5.82 Å². The maximum absolute atomic E-state index is 13.6. The van der Waals surface area contributed by atoms with Gasteiger partial charge in [0.25, 0.3) is 5.91 Å². The smallest absolute Gasteiger partial charge is 0.255 e. The number of allylic oxidation sites excluding steroid dienone is 1. The zero-order valence-electron chi connectivity index (χ0n) is 21.1. The molecule has 0 bridgehead atoms. The fraction of sp³-hybridized carbons (Fsp3) is 0.179. The van der Waals surface area contributed by atoms with E-state index in [1.54, 1.807) is 61.4 Å². The average molecular weight is 516 g/mol. The van der Waals surface area contributed by atoms with E-state index < -0.39 is 6.04 Å². The van der Waals surface area contributed by atoms with Gasteiger partial charge in [0.15, 0.2) is 11.5 Å². The van der Waals surface area contributed by atoms with Gasteiger partial charge in [0.1, 0.15) is 30.5 Å². The van der Waals surface area contributed by atoms with E-state index >= 15 is 0 Å². The van der Waals surface area contributed by atoms with Crippen molar-refractivity contribution in [3.05, 3.63) is 101 Å². The highest BCUT2D eigenvalue weighted by atomic mass is 19.1. The molecule has 1 aliphatic rings. The molecule has 3 aromatic carbocycles. The first-order chi connectivity index (χ1) is 18.5. The minimum absolute atomic E-state index is 0.241. The average Bonchev–Trinajstić information content (AvgIpc) is 3.40. The Morgan fingerprint density at radius 3 is 2.50 bits per heavy atom. The third kappa shape index (κ3) is 5.01. The number of nitrogens with one attached hydrogen (secondary N) is 2. The van der Waals surface area contributed by atoms with E-state index in [9.17, 15) is 9.18 Å². The molecule has 0 aliphatic carbocycles. The Morgan fingerprint density at radius 1 is 1.03 bits per heavy atom. The van der Waals surface area contributed by atoms with Gasteiger partial charge in [-0.15, -0.1) is 0 Å². The fourth-order valence-corrected chi connectivity index (χ4v) is 4.28. The minimum atomic E-state index is -0.577. The highest BCUT2D eigenvalue weighted by Crippen LogP contribution is 2.39. The highest BCUT2D eigenvalue weighted by Gasteiger charge is 2.34. The first kappa shape index (κ1) is 24.8. The second kappa shape index (κ2) is 10.6. The molecule has 2 heterocycles. The lowest BCUT2D eigenvalue weighted by molar-refractivity contribution is -0.113. The molecule has 0 fully saturated rings. The van der Waals surface area contributed by atoms with Gasteiger partial charge in [-0.3, -0.25) is 4.79 Å². The molecular formula is C28H26FN5O4. The van der Waals surface area contributed by atoms with Crippen LogP contribution in [0.4, 0.5) is 16.0 Å². The molecule has 4 aromatic rings. The van der Waals surface area contributed by atoms with Crippen molar-refractivity contribution >= 4 is 17.5 Å². The van der Waals surface area contributed by atoms with Crippen LogP contribution in [0.5, 0.6) is 17.2 Å². The number of aromatic nitrogens is 3. The Morgan fingerprint density at radius 2 is 1.79 bits per heavy atom. The Bertz CT molecular complexity index is 1480. The zero-order chi connectivity index (χ0) is 26.6. The van der Waals surface area contributed by atoms with Crippen molar-refractivity contribution in [3.63, 3.8) is 0 Å². The Hall–Kier alpha value is -4.86. The van der Waals surface area contributed by atoms with Gasteiger partial charge in [-0.25, -0.2) is 9.07 Å². The van der Waals surface area contributed by atoms with Crippen LogP contribution in [-0.4, -0.2) is 34.9 Å². The van der Waals surface area contributed by atoms with E-state index in [0.29, 0.717) is 40.2 Å². The summed E-state index contributed by atoms with van der Waals surface area (Å²) in [7, 11) is 3.13. The molecule has 0 saturated carbocycles. The summed E-state index contributed by atoms with van der Waals surface area (Å²) in [4.78, 5) is 17.9. The number of halogens is 1. The van der Waals surface area contributed by atoms with Crippen LogP contribution < -0.4 is 24.8 Å². The van der Waals surface area contributed by atoms with E-state index in [-0.39, 0.29) is 18.3 Å². The number of benzene rings is 3. The van der Waals surface area contributed by atoms with Gasteiger partial charge in [0.05, 0.1) is 19.8 Å². The Kier molecular flexibility index (Phi) is 6.94. The van der Waals surface area contributed by atoms with Gasteiger partial charge in [-0.2, -0.15) is 10.1 Å². The number of anilines is 2. The topological polar surface area (TPSA) is 99.5 Å². The lowest BCUT2D eigenvalue weighted by Gasteiger charge is -2.29. The molecular weight excluding hydrogens is 489 g/mol. The van der Waals surface area contributed by atoms with Gasteiger partial charge < -0.3 is 24.8 Å². The molecule has 9 nitrogen and oxygen atoms in total. The van der Waals surface area contributed by atoms with E-state index in [2.05, 4.69) is 20.7 Å². The molecule has 1 aliphatic heterocycles. The van der Waals surface area contributed by atoms with Crippen LogP contribution >= 0.6 is 0 Å². The monoisotopic (exact) mass is 515 g/mol. The van der Waals surface area contributed by atoms with Crippen LogP contribution in [-0.2, 0) is 11.4 Å².